The topological polar surface area (TPSA) is 29.1 Å². The summed E-state index contributed by atoms with van der Waals surface area (Å²) in [6, 6.07) is 8.46. The van der Waals surface area contributed by atoms with Gasteiger partial charge in [-0.1, -0.05) is 23.7 Å². The molecule has 0 aliphatic carbocycles. The Labute approximate surface area is 134 Å². The number of halogens is 5. The van der Waals surface area contributed by atoms with Crippen LogP contribution in [0.15, 0.2) is 48.5 Å². The molecule has 0 heterocycles. The van der Waals surface area contributed by atoms with Crippen molar-refractivity contribution in [3.05, 3.63) is 70.5 Å². The van der Waals surface area contributed by atoms with Gasteiger partial charge in [-0.25, -0.2) is 4.39 Å². The van der Waals surface area contributed by atoms with Crippen molar-refractivity contribution in [2.45, 2.75) is 6.18 Å². The van der Waals surface area contributed by atoms with Crippen LogP contribution in [0.4, 0.5) is 23.2 Å². The first-order valence-corrected chi connectivity index (χ1v) is 6.75. The van der Waals surface area contributed by atoms with Gasteiger partial charge < -0.3 is 5.32 Å². The summed E-state index contributed by atoms with van der Waals surface area (Å²) in [5, 5.41) is 1.86. The van der Waals surface area contributed by atoms with Crippen LogP contribution in [-0.4, -0.2) is 5.91 Å². The van der Waals surface area contributed by atoms with Gasteiger partial charge in [0.25, 0.3) is 0 Å². The highest BCUT2D eigenvalue weighted by Gasteiger charge is 2.33. The molecule has 23 heavy (non-hydrogen) atoms. The zero-order chi connectivity index (χ0) is 17.0. The molecule has 2 aromatic rings. The Balaban J connectivity index is 2.10. The van der Waals surface area contributed by atoms with Gasteiger partial charge >= 0.3 is 6.18 Å². The van der Waals surface area contributed by atoms with E-state index in [2.05, 4.69) is 5.32 Å². The molecule has 1 amide bonds. The van der Waals surface area contributed by atoms with Gasteiger partial charge in [0.05, 0.1) is 10.6 Å². The molecule has 0 fully saturated rings. The lowest BCUT2D eigenvalue weighted by Crippen LogP contribution is -2.11. The molecule has 0 radical (unpaired) electrons. The highest BCUT2D eigenvalue weighted by molar-refractivity contribution is 6.31. The molecule has 1 N–H and O–H groups in total. The molecule has 2 rings (SSSR count). The van der Waals surface area contributed by atoms with E-state index in [0.717, 1.165) is 18.2 Å². The van der Waals surface area contributed by atoms with E-state index in [0.29, 0.717) is 5.56 Å². The number of nitrogens with one attached hydrogen (secondary N) is 1. The Hall–Kier alpha value is -2.34. The molecule has 120 valence electrons. The molecule has 0 atom stereocenters. The Bertz CT molecular complexity index is 739. The third-order valence-corrected chi connectivity index (χ3v) is 3.17. The van der Waals surface area contributed by atoms with Gasteiger partial charge in [0.15, 0.2) is 0 Å². The fourth-order valence-electron chi connectivity index (χ4n) is 1.75. The second-order valence-electron chi connectivity index (χ2n) is 4.57. The van der Waals surface area contributed by atoms with Crippen LogP contribution in [0.2, 0.25) is 5.02 Å². The van der Waals surface area contributed by atoms with Crippen LogP contribution in [0.5, 0.6) is 0 Å². The molecule has 7 heteroatoms. The van der Waals surface area contributed by atoms with Crippen LogP contribution in [0, 0.1) is 5.82 Å². The fourth-order valence-corrected chi connectivity index (χ4v) is 1.97. The number of hydrogen-bond acceptors (Lipinski definition) is 1. The summed E-state index contributed by atoms with van der Waals surface area (Å²) in [4.78, 5) is 11.7. The minimum Gasteiger partial charge on any atom is -0.322 e. The van der Waals surface area contributed by atoms with Gasteiger partial charge in [-0.15, -0.1) is 0 Å². The number of benzene rings is 2. The van der Waals surface area contributed by atoms with E-state index >= 15 is 0 Å². The summed E-state index contributed by atoms with van der Waals surface area (Å²) in [5.41, 5.74) is -0.483. The number of carbonyl (C=O) groups is 1. The standard InChI is InChI=1S/C16H10ClF4NO/c17-14-7-6-12(9-13(14)16(19,20)21)22-15(23)8-3-10-1-4-11(18)5-2-10/h1-9H,(H,22,23)/b8-3+. The van der Waals surface area contributed by atoms with E-state index < -0.39 is 28.5 Å². The number of rotatable bonds is 3. The first-order valence-electron chi connectivity index (χ1n) is 6.37. The van der Waals surface area contributed by atoms with Crippen molar-refractivity contribution in [1.82, 2.24) is 0 Å². The van der Waals surface area contributed by atoms with Crippen LogP contribution < -0.4 is 5.32 Å². The number of alkyl halides is 3. The molecule has 0 spiro atoms. The first kappa shape index (κ1) is 17.0. The zero-order valence-electron chi connectivity index (χ0n) is 11.5. The normalized spacial score (nSPS) is 11.7. The van der Waals surface area contributed by atoms with Crippen molar-refractivity contribution in [2.24, 2.45) is 0 Å². The van der Waals surface area contributed by atoms with Crippen molar-refractivity contribution in [2.75, 3.05) is 5.32 Å². The molecule has 0 unspecified atom stereocenters. The highest BCUT2D eigenvalue weighted by atomic mass is 35.5. The minimum atomic E-state index is -4.61. The Morgan fingerprint density at radius 1 is 1.09 bits per heavy atom. The van der Waals surface area contributed by atoms with Gasteiger partial charge in [0.2, 0.25) is 5.91 Å². The maximum Gasteiger partial charge on any atom is 0.417 e. The Morgan fingerprint density at radius 3 is 2.35 bits per heavy atom. The van der Waals surface area contributed by atoms with Gasteiger partial charge in [-0.2, -0.15) is 13.2 Å². The van der Waals surface area contributed by atoms with Crippen molar-refractivity contribution < 1.29 is 22.4 Å². The third-order valence-electron chi connectivity index (χ3n) is 2.84. The second kappa shape index (κ2) is 6.83. The molecular weight excluding hydrogens is 334 g/mol. The average Bonchev–Trinajstić information content (AvgIpc) is 2.47. The predicted octanol–water partition coefficient (Wildman–Crippen LogP) is 5.15. The highest BCUT2D eigenvalue weighted by Crippen LogP contribution is 2.36. The summed E-state index contributed by atoms with van der Waals surface area (Å²) < 4.78 is 50.9. The summed E-state index contributed by atoms with van der Waals surface area (Å²) in [6.45, 7) is 0. The molecular formula is C16H10ClF4NO. The van der Waals surface area contributed by atoms with Crippen molar-refractivity contribution in [3.8, 4) is 0 Å². The smallest absolute Gasteiger partial charge is 0.322 e. The molecule has 0 bridgehead atoms. The fraction of sp³-hybridized carbons (Fsp3) is 0.0625. The first-order chi connectivity index (χ1) is 10.8. The van der Waals surface area contributed by atoms with Crippen molar-refractivity contribution in [3.63, 3.8) is 0 Å². The van der Waals surface area contributed by atoms with Crippen LogP contribution in [0.3, 0.4) is 0 Å². The SMILES string of the molecule is O=C(/C=C/c1ccc(F)cc1)Nc1ccc(Cl)c(C(F)(F)F)c1. The molecule has 0 aromatic heterocycles. The zero-order valence-corrected chi connectivity index (χ0v) is 12.3. The maximum absolute atomic E-state index is 12.7. The lowest BCUT2D eigenvalue weighted by molar-refractivity contribution is -0.137. The van der Waals surface area contributed by atoms with Crippen LogP contribution in [0.1, 0.15) is 11.1 Å². The summed E-state index contributed by atoms with van der Waals surface area (Å²) in [6.07, 6.45) is -2.06. The van der Waals surface area contributed by atoms with E-state index in [1.165, 1.54) is 36.4 Å². The van der Waals surface area contributed by atoms with E-state index in [4.69, 9.17) is 11.6 Å². The number of hydrogen-bond donors (Lipinski definition) is 1. The monoisotopic (exact) mass is 343 g/mol. The van der Waals surface area contributed by atoms with Gasteiger partial charge in [0.1, 0.15) is 5.82 Å². The molecule has 2 aromatic carbocycles. The summed E-state index contributed by atoms with van der Waals surface area (Å²) >= 11 is 5.49. The number of amides is 1. The van der Waals surface area contributed by atoms with E-state index in [-0.39, 0.29) is 5.69 Å². The number of carbonyl (C=O) groups excluding carboxylic acids is 1. The van der Waals surface area contributed by atoms with Crippen LogP contribution >= 0.6 is 11.6 Å². The van der Waals surface area contributed by atoms with E-state index in [9.17, 15) is 22.4 Å². The van der Waals surface area contributed by atoms with Gasteiger partial charge in [-0.3, -0.25) is 4.79 Å². The van der Waals surface area contributed by atoms with E-state index in [1.807, 2.05) is 0 Å². The molecule has 0 aliphatic heterocycles. The summed E-state index contributed by atoms with van der Waals surface area (Å²) in [7, 11) is 0. The Morgan fingerprint density at radius 2 is 1.74 bits per heavy atom. The quantitative estimate of drug-likeness (QED) is 0.606. The van der Waals surface area contributed by atoms with Gasteiger partial charge in [0, 0.05) is 11.8 Å². The van der Waals surface area contributed by atoms with Crippen molar-refractivity contribution >= 4 is 29.3 Å². The maximum atomic E-state index is 12.7. The third kappa shape index (κ3) is 4.82. The summed E-state index contributed by atoms with van der Waals surface area (Å²) in [5.74, 6) is -1.03. The molecule has 2 nitrogen and oxygen atoms in total. The van der Waals surface area contributed by atoms with Crippen LogP contribution in [-0.2, 0) is 11.0 Å². The van der Waals surface area contributed by atoms with Crippen LogP contribution in [0.25, 0.3) is 6.08 Å². The molecule has 0 aliphatic rings. The van der Waals surface area contributed by atoms with Crippen molar-refractivity contribution in [1.29, 1.82) is 0 Å². The largest absolute Gasteiger partial charge is 0.417 e. The lowest BCUT2D eigenvalue weighted by atomic mass is 10.2. The average molecular weight is 344 g/mol. The van der Waals surface area contributed by atoms with Gasteiger partial charge in [-0.05, 0) is 42.0 Å². The number of anilines is 1. The van der Waals surface area contributed by atoms with E-state index in [1.54, 1.807) is 0 Å². The second-order valence-corrected chi connectivity index (χ2v) is 4.97. The lowest BCUT2D eigenvalue weighted by Gasteiger charge is -2.11. The molecule has 0 saturated carbocycles. The molecule has 0 saturated heterocycles. The minimum absolute atomic E-state index is 0.0320. The predicted molar refractivity (Wildman–Crippen MR) is 80.5 cm³/mol. The Kier molecular flexibility index (Phi) is 5.05.